The number of hydrogen-bond acceptors (Lipinski definition) is 4. The van der Waals surface area contributed by atoms with Crippen molar-refractivity contribution in [3.05, 3.63) is 35.1 Å². The van der Waals surface area contributed by atoms with Crippen LogP contribution in [0.5, 0.6) is 0 Å². The van der Waals surface area contributed by atoms with Crippen molar-refractivity contribution < 1.29 is 19.1 Å². The normalized spacial score (nSPS) is 39.8. The van der Waals surface area contributed by atoms with Gasteiger partial charge in [0.05, 0.1) is 0 Å². The summed E-state index contributed by atoms with van der Waals surface area (Å²) in [5, 5.41) is 0. The van der Waals surface area contributed by atoms with Gasteiger partial charge in [0.25, 0.3) is 0 Å². The Morgan fingerprint density at radius 3 is 2.72 bits per heavy atom. The minimum absolute atomic E-state index is 0.0221. The Bertz CT molecular complexity index is 832. The quantitative estimate of drug-likeness (QED) is 0.287. The van der Waals surface area contributed by atoms with Crippen LogP contribution in [0.1, 0.15) is 72.1 Å². The molecule has 0 aliphatic heterocycles. The predicted octanol–water partition coefficient (Wildman–Crippen LogP) is 5.09. The minimum Gasteiger partial charge on any atom is -0.423 e. The van der Waals surface area contributed by atoms with Gasteiger partial charge in [0.2, 0.25) is 0 Å². The van der Waals surface area contributed by atoms with Crippen molar-refractivity contribution in [2.45, 2.75) is 72.1 Å². The van der Waals surface area contributed by atoms with Crippen molar-refractivity contribution in [2.24, 2.45) is 28.6 Å². The van der Waals surface area contributed by atoms with E-state index in [0.29, 0.717) is 30.6 Å². The average Bonchev–Trinajstić information content (AvgIpc) is 3.04. The second-order valence-electron chi connectivity index (χ2n) is 9.78. The smallest absolute Gasteiger partial charge is 0.311 e. The first-order chi connectivity index (χ1) is 13.8. The lowest BCUT2D eigenvalue weighted by Gasteiger charge is -2.56. The molecule has 4 rings (SSSR count). The van der Waals surface area contributed by atoms with Gasteiger partial charge in [-0.25, -0.2) is 0 Å². The first kappa shape index (κ1) is 20.3. The number of esters is 1. The number of allylic oxidation sites excluding steroid dienone is 6. The Balaban J connectivity index is 1.64. The van der Waals surface area contributed by atoms with E-state index in [2.05, 4.69) is 19.9 Å². The maximum Gasteiger partial charge on any atom is 0.311 e. The summed E-state index contributed by atoms with van der Waals surface area (Å²) in [6, 6.07) is 0. The lowest BCUT2D eigenvalue weighted by atomic mass is 9.48. The van der Waals surface area contributed by atoms with Crippen LogP contribution in [-0.2, 0) is 19.1 Å². The van der Waals surface area contributed by atoms with Crippen molar-refractivity contribution in [3.63, 3.8) is 0 Å². The summed E-state index contributed by atoms with van der Waals surface area (Å²) in [6.07, 6.45) is 13.6. The van der Waals surface area contributed by atoms with E-state index < -0.39 is 0 Å². The van der Waals surface area contributed by atoms with Gasteiger partial charge >= 0.3 is 5.97 Å². The van der Waals surface area contributed by atoms with Crippen LogP contribution in [0.15, 0.2) is 35.1 Å². The highest BCUT2D eigenvalue weighted by atomic mass is 16.5. The molecule has 0 heterocycles. The van der Waals surface area contributed by atoms with Crippen molar-refractivity contribution in [1.29, 1.82) is 0 Å². The van der Waals surface area contributed by atoms with Gasteiger partial charge in [0.15, 0.2) is 17.8 Å². The highest BCUT2D eigenvalue weighted by Crippen LogP contribution is 2.66. The number of carbonyl (C=O) groups is 3. The summed E-state index contributed by atoms with van der Waals surface area (Å²) in [5.41, 5.74) is 2.26. The van der Waals surface area contributed by atoms with Crippen molar-refractivity contribution >= 4 is 18.0 Å². The molecule has 156 valence electrons. The zero-order chi connectivity index (χ0) is 20.8. The van der Waals surface area contributed by atoms with E-state index in [-0.39, 0.29) is 28.3 Å². The maximum atomic E-state index is 12.0. The third-order valence-electron chi connectivity index (χ3n) is 8.42. The molecule has 4 aliphatic carbocycles. The van der Waals surface area contributed by atoms with E-state index in [9.17, 15) is 14.4 Å². The molecule has 0 bridgehead atoms. The van der Waals surface area contributed by atoms with E-state index in [1.54, 1.807) is 6.08 Å². The van der Waals surface area contributed by atoms with Crippen LogP contribution in [0.2, 0.25) is 0 Å². The van der Waals surface area contributed by atoms with E-state index in [1.807, 2.05) is 13.0 Å². The second kappa shape index (κ2) is 7.37. The van der Waals surface area contributed by atoms with Gasteiger partial charge in [-0.1, -0.05) is 32.4 Å². The number of ether oxygens (including phenoxy) is 1. The fraction of sp³-hybridized carbons (Fsp3) is 0.640. The summed E-state index contributed by atoms with van der Waals surface area (Å²) >= 11 is 0. The van der Waals surface area contributed by atoms with Gasteiger partial charge in [0.1, 0.15) is 0 Å². The topological polar surface area (TPSA) is 60.4 Å². The van der Waals surface area contributed by atoms with Gasteiger partial charge in [0, 0.05) is 11.8 Å². The van der Waals surface area contributed by atoms with Crippen molar-refractivity contribution in [2.75, 3.05) is 0 Å². The van der Waals surface area contributed by atoms with E-state index in [0.717, 1.165) is 50.4 Å². The van der Waals surface area contributed by atoms with Crippen LogP contribution in [-0.4, -0.2) is 18.0 Å². The molecule has 4 nitrogen and oxygen atoms in total. The van der Waals surface area contributed by atoms with Gasteiger partial charge in [-0.3, -0.25) is 14.4 Å². The summed E-state index contributed by atoms with van der Waals surface area (Å²) in [5.74, 6) is 1.70. The van der Waals surface area contributed by atoms with Crippen LogP contribution >= 0.6 is 0 Å². The molecule has 5 atom stereocenters. The largest absolute Gasteiger partial charge is 0.423 e. The van der Waals surface area contributed by atoms with Crippen LogP contribution in [0.25, 0.3) is 0 Å². The van der Waals surface area contributed by atoms with Crippen LogP contribution in [0, 0.1) is 28.6 Å². The van der Waals surface area contributed by atoms with Gasteiger partial charge in [-0.2, -0.15) is 0 Å². The fourth-order valence-corrected chi connectivity index (χ4v) is 6.95. The molecular weight excluding hydrogens is 364 g/mol. The van der Waals surface area contributed by atoms with Gasteiger partial charge in [-0.05, 0) is 85.8 Å². The minimum atomic E-state index is -0.306. The van der Waals surface area contributed by atoms with Crippen LogP contribution in [0.4, 0.5) is 0 Å². The standard InChI is InChI=1S/C25H32O4/c1-4-5-23(28)29-22(15-26)21-9-8-19-18-7-6-16-14-17(27)10-12-24(16,2)20(18)11-13-25(19,21)3/h10,12,14-15,18-20H,4-9,11,13H2,1-3H3/b22-21-/t18-,19-,20-,24-,25-/m0/s1. The molecule has 0 N–H and O–H groups in total. The number of rotatable bonds is 4. The number of fused-ring (bicyclic) bond motifs is 5. The molecule has 0 spiro atoms. The zero-order valence-corrected chi connectivity index (χ0v) is 17.8. The molecule has 0 saturated heterocycles. The van der Waals surface area contributed by atoms with E-state index in [4.69, 9.17) is 4.74 Å². The number of carbonyl (C=O) groups excluding carboxylic acids is 3. The third-order valence-corrected chi connectivity index (χ3v) is 8.42. The molecule has 29 heavy (non-hydrogen) atoms. The lowest BCUT2D eigenvalue weighted by Crippen LogP contribution is -2.48. The number of hydrogen-bond donors (Lipinski definition) is 0. The molecule has 4 heteroatoms. The molecular formula is C25H32O4. The Hall–Kier alpha value is -1.97. The van der Waals surface area contributed by atoms with E-state index >= 15 is 0 Å². The molecule has 3 fully saturated rings. The molecule has 0 aromatic heterocycles. The maximum absolute atomic E-state index is 12.0. The molecule has 0 amide bonds. The van der Waals surface area contributed by atoms with Crippen LogP contribution in [0.3, 0.4) is 0 Å². The molecule has 4 aliphatic rings. The average molecular weight is 397 g/mol. The molecule has 3 saturated carbocycles. The SMILES string of the molecule is CCCC(=O)O/C(C=O)=C1/CC[C@H]2[C@@H]3CCC4=CC(=O)C=C[C@]4(C)[C@H]3CC[C@]12C. The fourth-order valence-electron chi connectivity index (χ4n) is 6.95. The second-order valence-corrected chi connectivity index (χ2v) is 9.78. The van der Waals surface area contributed by atoms with Crippen molar-refractivity contribution in [1.82, 2.24) is 0 Å². The highest BCUT2D eigenvalue weighted by Gasteiger charge is 2.57. The Kier molecular flexibility index (Phi) is 5.16. The Morgan fingerprint density at radius 1 is 1.21 bits per heavy atom. The molecule has 0 aromatic carbocycles. The molecule has 0 radical (unpaired) electrons. The summed E-state index contributed by atoms with van der Waals surface area (Å²) in [4.78, 5) is 35.7. The Labute approximate surface area is 173 Å². The van der Waals surface area contributed by atoms with Crippen molar-refractivity contribution in [3.8, 4) is 0 Å². The van der Waals surface area contributed by atoms with E-state index in [1.165, 1.54) is 5.57 Å². The van der Waals surface area contributed by atoms with Crippen LogP contribution < -0.4 is 0 Å². The first-order valence-corrected chi connectivity index (χ1v) is 11.2. The monoisotopic (exact) mass is 396 g/mol. The number of ketones is 1. The third kappa shape index (κ3) is 3.15. The Morgan fingerprint density at radius 2 is 2.00 bits per heavy atom. The molecule has 0 aromatic rings. The highest BCUT2D eigenvalue weighted by molar-refractivity contribution is 6.01. The summed E-state index contributed by atoms with van der Waals surface area (Å²) in [7, 11) is 0. The van der Waals surface area contributed by atoms with Gasteiger partial charge < -0.3 is 4.74 Å². The summed E-state index contributed by atoms with van der Waals surface area (Å²) < 4.78 is 5.51. The lowest BCUT2D eigenvalue weighted by molar-refractivity contribution is -0.141. The predicted molar refractivity (Wildman–Crippen MR) is 111 cm³/mol. The first-order valence-electron chi connectivity index (χ1n) is 11.2. The zero-order valence-electron chi connectivity index (χ0n) is 17.8. The summed E-state index contributed by atoms with van der Waals surface area (Å²) in [6.45, 7) is 6.51. The molecule has 0 unspecified atom stereocenters. The van der Waals surface area contributed by atoms with Gasteiger partial charge in [-0.15, -0.1) is 0 Å². The number of aldehydes is 1.